The van der Waals surface area contributed by atoms with Crippen LogP contribution < -0.4 is 43.4 Å². The normalized spacial score (nSPS) is 17.1. The van der Waals surface area contributed by atoms with E-state index in [-0.39, 0.29) is 43.7 Å². The molecule has 0 spiro atoms. The van der Waals surface area contributed by atoms with Crippen molar-refractivity contribution < 1.29 is 73.5 Å². The molecule has 10 atom stereocenters. The largest absolute Gasteiger partial charge is 0.508 e. The highest BCUT2D eigenvalue weighted by Gasteiger charge is 2.41. The number of carbonyl (C=O) groups excluding carboxylic acids is 8. The van der Waals surface area contributed by atoms with Crippen LogP contribution in [0.15, 0.2) is 48.5 Å². The van der Waals surface area contributed by atoms with Gasteiger partial charge in [-0.15, -0.1) is 0 Å². The second kappa shape index (κ2) is 27.9. The van der Waals surface area contributed by atoms with Crippen LogP contribution in [0.2, 0.25) is 0 Å². The fraction of sp³-hybridized carbons (Fsp3) is 0.542. The number of phenols is 2. The maximum atomic E-state index is 14.3. The Morgan fingerprint density at radius 1 is 0.639 bits per heavy atom. The summed E-state index contributed by atoms with van der Waals surface area (Å²) in [4.78, 5) is 134. The van der Waals surface area contributed by atoms with E-state index in [1.807, 2.05) is 0 Å². The van der Waals surface area contributed by atoms with Crippen molar-refractivity contribution in [3.8, 4) is 11.5 Å². The third-order valence-electron chi connectivity index (χ3n) is 12.2. The highest BCUT2D eigenvalue weighted by molar-refractivity contribution is 5.98. The van der Waals surface area contributed by atoms with Crippen LogP contribution in [-0.2, 0) is 60.8 Å². The minimum absolute atomic E-state index is 0.00773. The molecule has 1 aliphatic rings. The van der Waals surface area contributed by atoms with E-state index >= 15 is 0 Å². The Morgan fingerprint density at radius 3 is 1.64 bits per heavy atom. The number of primary amides is 1. The third-order valence-corrected chi connectivity index (χ3v) is 12.2. The molecule has 8 amide bonds. The number of phenolic OH excluding ortho intramolecular Hbond substituents is 2. The molecule has 1 aliphatic heterocycles. The number of rotatable bonds is 28. The highest BCUT2D eigenvalue weighted by atomic mass is 16.4. The number of carbonyl (C=O) groups is 10. The van der Waals surface area contributed by atoms with E-state index in [0.717, 1.165) is 0 Å². The number of carboxylic acid groups (broad SMARTS) is 2. The summed E-state index contributed by atoms with van der Waals surface area (Å²) >= 11 is 0. The van der Waals surface area contributed by atoms with Gasteiger partial charge in [0.1, 0.15) is 53.8 Å². The van der Waals surface area contributed by atoms with Gasteiger partial charge in [-0.3, -0.25) is 43.2 Å². The SMILES string of the molecule is CC[C@H](C)[C@H](NC(=O)[C@H](Cc1ccc(O)cc1)NC(=O)[C@H](CCC(N)=O)NC(=O)[C@@H]1CCCN1C(=O)[C@H](NC(=O)[C@H](CCC(=O)O)NC(=O)[C@H](NC(=O)[C@H](N)Cc1ccc(O)cc1)[C@@H](C)O)C(C)C)C(=O)O. The third kappa shape index (κ3) is 18.1. The molecule has 3 rings (SSSR count). The summed E-state index contributed by atoms with van der Waals surface area (Å²) in [5.41, 5.74) is 12.5. The van der Waals surface area contributed by atoms with Gasteiger partial charge in [0.15, 0.2) is 0 Å². The lowest BCUT2D eigenvalue weighted by Crippen LogP contribution is -2.61. The predicted molar refractivity (Wildman–Crippen MR) is 257 cm³/mol. The molecule has 24 heteroatoms. The molecular weight excluding hydrogens is 943 g/mol. The van der Waals surface area contributed by atoms with Gasteiger partial charge in [-0.2, -0.15) is 0 Å². The predicted octanol–water partition coefficient (Wildman–Crippen LogP) is -1.59. The standard InChI is InChI=1S/C48H69N9O15/c1-6-25(4)39(48(71)72)55-44(67)34(23-28-11-15-30(60)16-12-28)53-42(65)32(17-19-36(50)61)51-45(68)35-8-7-21-57(35)47(70)38(24(2)3)54-43(66)33(18-20-37(62)63)52-46(69)40(26(5)58)56-41(64)31(49)22-27-9-13-29(59)14-10-27/h9-16,24-26,31-35,38-40,58-60H,6-8,17-23,49H2,1-5H3,(H2,50,61)(H,51,68)(H,52,69)(H,53,65)(H,54,66)(H,55,67)(H,56,64)(H,62,63)(H,71,72)/t25-,26+,31+,32-,33-,34-,35-,38+,39-,40+/m0/s1. The van der Waals surface area contributed by atoms with Crippen molar-refractivity contribution in [1.29, 1.82) is 0 Å². The number of aromatic hydroxyl groups is 2. The van der Waals surface area contributed by atoms with Gasteiger partial charge in [0, 0.05) is 25.8 Å². The van der Waals surface area contributed by atoms with E-state index in [2.05, 4.69) is 31.9 Å². The highest BCUT2D eigenvalue weighted by Crippen LogP contribution is 2.22. The van der Waals surface area contributed by atoms with E-state index in [1.54, 1.807) is 27.7 Å². The number of likely N-dealkylation sites (tertiary alicyclic amines) is 1. The number of hydrogen-bond acceptors (Lipinski definition) is 14. The number of amides is 8. The zero-order valence-corrected chi connectivity index (χ0v) is 41.0. The van der Waals surface area contributed by atoms with Crippen LogP contribution in [0.4, 0.5) is 0 Å². The minimum atomic E-state index is -1.68. The molecule has 24 nitrogen and oxygen atoms in total. The molecule has 1 fully saturated rings. The van der Waals surface area contributed by atoms with Crippen molar-refractivity contribution in [1.82, 2.24) is 36.8 Å². The molecular formula is C48H69N9O15. The van der Waals surface area contributed by atoms with Gasteiger partial charge < -0.3 is 73.8 Å². The summed E-state index contributed by atoms with van der Waals surface area (Å²) in [5.74, 6) is -11.1. The quantitative estimate of drug-likeness (QED) is 0.0457. The molecule has 1 heterocycles. The fourth-order valence-corrected chi connectivity index (χ4v) is 7.80. The number of nitrogens with one attached hydrogen (secondary N) is 6. The van der Waals surface area contributed by atoms with Crippen molar-refractivity contribution in [3.05, 3.63) is 59.7 Å². The van der Waals surface area contributed by atoms with Crippen molar-refractivity contribution in [3.63, 3.8) is 0 Å². The average Bonchev–Trinajstić information content (AvgIpc) is 3.82. The van der Waals surface area contributed by atoms with E-state index in [1.165, 1.54) is 60.4 Å². The molecule has 15 N–H and O–H groups in total. The van der Waals surface area contributed by atoms with E-state index < -0.39 is 145 Å². The monoisotopic (exact) mass is 1010 g/mol. The zero-order valence-electron chi connectivity index (χ0n) is 41.0. The van der Waals surface area contributed by atoms with Crippen LogP contribution in [0.3, 0.4) is 0 Å². The van der Waals surface area contributed by atoms with Crippen LogP contribution in [0, 0.1) is 11.8 Å². The van der Waals surface area contributed by atoms with Crippen molar-refractivity contribution in [2.24, 2.45) is 23.3 Å². The summed E-state index contributed by atoms with van der Waals surface area (Å²) in [6.07, 6.45) is -2.87. The van der Waals surface area contributed by atoms with Gasteiger partial charge in [0.25, 0.3) is 0 Å². The summed E-state index contributed by atoms with van der Waals surface area (Å²) in [6, 6.07) is 0.101. The van der Waals surface area contributed by atoms with Crippen LogP contribution in [0.5, 0.6) is 11.5 Å². The Balaban J connectivity index is 1.83. The molecule has 1 saturated heterocycles. The molecule has 0 unspecified atom stereocenters. The Labute approximate surface area is 416 Å². The van der Waals surface area contributed by atoms with E-state index in [4.69, 9.17) is 11.5 Å². The maximum Gasteiger partial charge on any atom is 0.326 e. The molecule has 0 aromatic heterocycles. The number of aliphatic hydroxyl groups is 1. The average molecular weight is 1010 g/mol. The second-order valence-electron chi connectivity index (χ2n) is 18.3. The lowest BCUT2D eigenvalue weighted by molar-refractivity contribution is -0.144. The number of benzene rings is 2. The fourth-order valence-electron chi connectivity index (χ4n) is 7.80. The Morgan fingerprint density at radius 2 is 1.12 bits per heavy atom. The summed E-state index contributed by atoms with van der Waals surface area (Å²) in [7, 11) is 0. The maximum absolute atomic E-state index is 14.3. The molecule has 0 saturated carbocycles. The Hall–Kier alpha value is -7.34. The lowest BCUT2D eigenvalue weighted by atomic mass is 9.98. The van der Waals surface area contributed by atoms with Crippen LogP contribution in [-0.4, -0.2) is 151 Å². The van der Waals surface area contributed by atoms with Gasteiger partial charge in [-0.05, 0) is 86.3 Å². The minimum Gasteiger partial charge on any atom is -0.508 e. The first kappa shape index (κ1) is 59.0. The number of aliphatic hydroxyl groups excluding tert-OH is 1. The van der Waals surface area contributed by atoms with Crippen LogP contribution >= 0.6 is 0 Å². The molecule has 0 radical (unpaired) electrons. The molecule has 2 aromatic carbocycles. The van der Waals surface area contributed by atoms with Crippen LogP contribution in [0.1, 0.15) is 90.7 Å². The number of nitrogens with two attached hydrogens (primary N) is 2. The molecule has 2 aromatic rings. The number of carboxylic acids is 2. The van der Waals surface area contributed by atoms with Crippen molar-refractivity contribution in [2.75, 3.05) is 6.54 Å². The van der Waals surface area contributed by atoms with Crippen molar-refractivity contribution >= 4 is 59.2 Å². The van der Waals surface area contributed by atoms with Gasteiger partial charge in [-0.25, -0.2) is 4.79 Å². The van der Waals surface area contributed by atoms with Gasteiger partial charge in [-0.1, -0.05) is 58.4 Å². The molecule has 396 valence electrons. The molecule has 0 bridgehead atoms. The zero-order chi connectivity index (χ0) is 54.0. The van der Waals surface area contributed by atoms with E-state index in [0.29, 0.717) is 24.0 Å². The summed E-state index contributed by atoms with van der Waals surface area (Å²) in [5, 5.41) is 64.1. The first-order valence-electron chi connectivity index (χ1n) is 23.7. The van der Waals surface area contributed by atoms with Gasteiger partial charge in [0.2, 0.25) is 47.3 Å². The van der Waals surface area contributed by atoms with E-state index in [9.17, 15) is 73.5 Å². The summed E-state index contributed by atoms with van der Waals surface area (Å²) in [6.45, 7) is 7.71. The summed E-state index contributed by atoms with van der Waals surface area (Å²) < 4.78 is 0. The van der Waals surface area contributed by atoms with Gasteiger partial charge >= 0.3 is 11.9 Å². The molecule has 72 heavy (non-hydrogen) atoms. The Kier molecular flexibility index (Phi) is 22.8. The first-order chi connectivity index (χ1) is 33.8. The van der Waals surface area contributed by atoms with Crippen LogP contribution in [0.25, 0.3) is 0 Å². The topological polar surface area (TPSA) is 399 Å². The number of hydrogen-bond donors (Lipinski definition) is 13. The molecule has 0 aliphatic carbocycles. The van der Waals surface area contributed by atoms with Crippen molar-refractivity contribution in [2.45, 2.75) is 147 Å². The first-order valence-corrected chi connectivity index (χ1v) is 23.7. The smallest absolute Gasteiger partial charge is 0.326 e. The lowest BCUT2D eigenvalue weighted by Gasteiger charge is -2.32. The number of nitrogens with zero attached hydrogens (tertiary/aromatic N) is 1. The second-order valence-corrected chi connectivity index (χ2v) is 18.3. The Bertz CT molecular complexity index is 2240. The number of aliphatic carboxylic acids is 2. The van der Waals surface area contributed by atoms with Gasteiger partial charge in [0.05, 0.1) is 12.1 Å².